The Morgan fingerprint density at radius 2 is 1.56 bits per heavy atom. The average molecular weight is 543 g/mol. The van der Waals surface area contributed by atoms with Crippen LogP contribution in [0.2, 0.25) is 0 Å². The molecule has 0 aliphatic rings. The van der Waals surface area contributed by atoms with Crippen molar-refractivity contribution in [1.29, 1.82) is 0 Å². The molecule has 2 heterocycles. The molecule has 6 heteroatoms. The number of methoxy groups -OCH3 is 1. The topological polar surface area (TPSA) is 52.3 Å². The smallest absolute Gasteiger partial charge is 0.255 e. The number of nitrogens with zero attached hydrogens (tertiary/aromatic N) is 4. The number of rotatable bonds is 10. The van der Waals surface area contributed by atoms with Crippen molar-refractivity contribution < 1.29 is 9.53 Å². The molecule has 4 aromatic carbocycles. The van der Waals surface area contributed by atoms with E-state index >= 15 is 0 Å². The highest BCUT2D eigenvalue weighted by molar-refractivity contribution is 6.06. The molecule has 0 radical (unpaired) electrons. The van der Waals surface area contributed by atoms with Crippen LogP contribution in [0.5, 0.6) is 0 Å². The molecule has 6 nitrogen and oxygen atoms in total. The van der Waals surface area contributed by atoms with E-state index in [9.17, 15) is 4.79 Å². The second-order valence-corrected chi connectivity index (χ2v) is 10.5. The third kappa shape index (κ3) is 5.52. The molecule has 0 unspecified atom stereocenters. The van der Waals surface area contributed by atoms with Crippen molar-refractivity contribution in [2.45, 2.75) is 19.5 Å². The maximum atomic E-state index is 13.7. The normalized spacial score (nSPS) is 11.4. The highest BCUT2D eigenvalue weighted by Gasteiger charge is 2.21. The average Bonchev–Trinajstić information content (AvgIpc) is 3.65. The SMILES string of the molecule is COCCN(C)C(=O)c1cn(Cc2cncn2CCc2cccc3ccccc23)cc1-c1cccc2ccccc12. The number of carbonyl (C=O) groups is 1. The van der Waals surface area contributed by atoms with Crippen LogP contribution in [0.4, 0.5) is 0 Å². The Hall–Kier alpha value is -4.68. The largest absolute Gasteiger partial charge is 0.383 e. The Morgan fingerprint density at radius 3 is 2.37 bits per heavy atom. The number of aryl methyl sites for hydroxylation is 2. The molecule has 6 aromatic rings. The van der Waals surface area contributed by atoms with Gasteiger partial charge in [0.25, 0.3) is 5.91 Å². The maximum absolute atomic E-state index is 13.7. The molecule has 0 aliphatic heterocycles. The zero-order valence-corrected chi connectivity index (χ0v) is 23.5. The van der Waals surface area contributed by atoms with E-state index in [0.717, 1.165) is 40.6 Å². The number of likely N-dealkylation sites (N-methyl/N-ethyl adjacent to an activating group) is 1. The molecule has 2 aromatic heterocycles. The standard InChI is InChI=1S/C35H34N4O2/c1-37(19-20-41-2)35(40)34-24-38(23-33(34)32-16-8-13-27-10-4-6-15-31(27)32)22-29-21-36-25-39(29)18-17-28-12-7-11-26-9-3-5-14-30(26)28/h3-16,21,23-25H,17-20,22H2,1-2H3. The van der Waals surface area contributed by atoms with E-state index in [0.29, 0.717) is 25.3 Å². The molecule has 0 N–H and O–H groups in total. The fraction of sp³-hybridized carbons (Fsp3) is 0.200. The van der Waals surface area contributed by atoms with E-state index in [1.165, 1.54) is 16.3 Å². The molecule has 0 saturated heterocycles. The molecule has 206 valence electrons. The third-order valence-electron chi connectivity index (χ3n) is 7.81. The number of aromatic nitrogens is 3. The number of carbonyl (C=O) groups excluding carboxylic acids is 1. The van der Waals surface area contributed by atoms with Crippen LogP contribution in [0.1, 0.15) is 21.6 Å². The highest BCUT2D eigenvalue weighted by Crippen LogP contribution is 2.33. The van der Waals surface area contributed by atoms with Gasteiger partial charge in [0.15, 0.2) is 0 Å². The number of amides is 1. The van der Waals surface area contributed by atoms with Crippen LogP contribution in [0.3, 0.4) is 0 Å². The second kappa shape index (κ2) is 11.8. The van der Waals surface area contributed by atoms with Gasteiger partial charge in [-0.05, 0) is 39.1 Å². The molecule has 6 rings (SSSR count). The van der Waals surface area contributed by atoms with Gasteiger partial charge in [-0.25, -0.2) is 4.98 Å². The summed E-state index contributed by atoms with van der Waals surface area (Å²) in [5.41, 5.74) is 5.08. The van der Waals surface area contributed by atoms with Crippen LogP contribution >= 0.6 is 0 Å². The minimum Gasteiger partial charge on any atom is -0.383 e. The molecule has 0 saturated carbocycles. The Labute approximate surface area is 240 Å². The van der Waals surface area contributed by atoms with E-state index < -0.39 is 0 Å². The zero-order valence-electron chi connectivity index (χ0n) is 23.5. The predicted octanol–water partition coefficient (Wildman–Crippen LogP) is 6.67. The quantitative estimate of drug-likeness (QED) is 0.194. The van der Waals surface area contributed by atoms with Crippen LogP contribution < -0.4 is 0 Å². The Morgan fingerprint density at radius 1 is 0.854 bits per heavy atom. The fourth-order valence-corrected chi connectivity index (χ4v) is 5.60. The fourth-order valence-electron chi connectivity index (χ4n) is 5.60. The second-order valence-electron chi connectivity index (χ2n) is 10.5. The lowest BCUT2D eigenvalue weighted by Gasteiger charge is -2.17. The first-order valence-corrected chi connectivity index (χ1v) is 14.0. The number of fused-ring (bicyclic) bond motifs is 2. The minimum atomic E-state index is -0.0202. The molecule has 0 fully saturated rings. The third-order valence-corrected chi connectivity index (χ3v) is 7.81. The highest BCUT2D eigenvalue weighted by atomic mass is 16.5. The monoisotopic (exact) mass is 542 g/mol. The summed E-state index contributed by atoms with van der Waals surface area (Å²) < 4.78 is 9.55. The van der Waals surface area contributed by atoms with E-state index in [1.54, 1.807) is 12.0 Å². The molecular formula is C35H34N4O2. The number of benzene rings is 4. The van der Waals surface area contributed by atoms with Gasteiger partial charge in [0.2, 0.25) is 0 Å². The number of hydrogen-bond donors (Lipinski definition) is 0. The van der Waals surface area contributed by atoms with Gasteiger partial charge < -0.3 is 18.8 Å². The van der Waals surface area contributed by atoms with Crippen molar-refractivity contribution >= 4 is 27.5 Å². The lowest BCUT2D eigenvalue weighted by atomic mass is 9.97. The van der Waals surface area contributed by atoms with Crippen molar-refractivity contribution in [3.05, 3.63) is 127 Å². The first kappa shape index (κ1) is 26.5. The van der Waals surface area contributed by atoms with Gasteiger partial charge in [-0.2, -0.15) is 0 Å². The number of hydrogen-bond acceptors (Lipinski definition) is 3. The molecule has 0 spiro atoms. The lowest BCUT2D eigenvalue weighted by molar-refractivity contribution is 0.0745. The number of imidazole rings is 1. The Bertz CT molecular complexity index is 1810. The molecule has 0 aliphatic carbocycles. The summed E-state index contributed by atoms with van der Waals surface area (Å²) in [4.78, 5) is 19.9. The lowest BCUT2D eigenvalue weighted by Crippen LogP contribution is -2.30. The summed E-state index contributed by atoms with van der Waals surface area (Å²) in [5, 5.41) is 4.83. The van der Waals surface area contributed by atoms with Gasteiger partial charge >= 0.3 is 0 Å². The van der Waals surface area contributed by atoms with E-state index in [-0.39, 0.29) is 5.91 Å². The van der Waals surface area contributed by atoms with E-state index in [2.05, 4.69) is 93.1 Å². The van der Waals surface area contributed by atoms with Crippen molar-refractivity contribution in [3.63, 3.8) is 0 Å². The first-order chi connectivity index (χ1) is 20.1. The van der Waals surface area contributed by atoms with Gasteiger partial charge in [0.1, 0.15) is 0 Å². The number of ether oxygens (including phenoxy) is 1. The molecule has 1 amide bonds. The van der Waals surface area contributed by atoms with Crippen LogP contribution in [0, 0.1) is 0 Å². The van der Waals surface area contributed by atoms with Crippen molar-refractivity contribution in [2.24, 2.45) is 0 Å². The molecule has 0 atom stereocenters. The molecule has 0 bridgehead atoms. The van der Waals surface area contributed by atoms with Gasteiger partial charge in [-0.3, -0.25) is 4.79 Å². The van der Waals surface area contributed by atoms with Crippen LogP contribution in [-0.4, -0.2) is 52.2 Å². The zero-order chi connectivity index (χ0) is 28.2. The Kier molecular flexibility index (Phi) is 7.65. The summed E-state index contributed by atoms with van der Waals surface area (Å²) in [6.07, 6.45) is 8.81. The van der Waals surface area contributed by atoms with Crippen molar-refractivity contribution in [1.82, 2.24) is 19.0 Å². The van der Waals surface area contributed by atoms with Gasteiger partial charge in [0.05, 0.1) is 30.7 Å². The predicted molar refractivity (Wildman–Crippen MR) is 165 cm³/mol. The molecular weight excluding hydrogens is 508 g/mol. The van der Waals surface area contributed by atoms with Gasteiger partial charge in [-0.15, -0.1) is 0 Å². The van der Waals surface area contributed by atoms with Crippen molar-refractivity contribution in [2.75, 3.05) is 27.3 Å². The van der Waals surface area contributed by atoms with Gasteiger partial charge in [0, 0.05) is 51.4 Å². The maximum Gasteiger partial charge on any atom is 0.255 e. The molecule has 41 heavy (non-hydrogen) atoms. The Balaban J connectivity index is 1.31. The minimum absolute atomic E-state index is 0.0202. The van der Waals surface area contributed by atoms with E-state index in [1.807, 2.05) is 37.9 Å². The summed E-state index contributed by atoms with van der Waals surface area (Å²) in [7, 11) is 3.48. The summed E-state index contributed by atoms with van der Waals surface area (Å²) in [5.74, 6) is -0.0202. The van der Waals surface area contributed by atoms with Crippen molar-refractivity contribution in [3.8, 4) is 11.1 Å². The summed E-state index contributed by atoms with van der Waals surface area (Å²) in [6.45, 7) is 2.45. The van der Waals surface area contributed by atoms with E-state index in [4.69, 9.17) is 4.74 Å². The first-order valence-electron chi connectivity index (χ1n) is 14.0. The summed E-state index contributed by atoms with van der Waals surface area (Å²) in [6, 6.07) is 29.6. The van der Waals surface area contributed by atoms with Crippen LogP contribution in [-0.2, 0) is 24.2 Å². The van der Waals surface area contributed by atoms with Crippen LogP contribution in [0.25, 0.3) is 32.7 Å². The van der Waals surface area contributed by atoms with Gasteiger partial charge in [-0.1, -0.05) is 84.9 Å². The summed E-state index contributed by atoms with van der Waals surface area (Å²) >= 11 is 0. The van der Waals surface area contributed by atoms with Crippen LogP contribution in [0.15, 0.2) is 110 Å².